The standard InChI is InChI=1S/C18H25N3O2S/c1-11(17-12(2)20-21(5)13(17)3)19-18(22)14(4)23-15-7-9-16(24-6)10-8-15/h7-11,14H,1-6H3,(H,19,22). The highest BCUT2D eigenvalue weighted by atomic mass is 32.2. The van der Waals surface area contributed by atoms with Gasteiger partial charge in [-0.25, -0.2) is 0 Å². The summed E-state index contributed by atoms with van der Waals surface area (Å²) in [6, 6.07) is 7.62. The van der Waals surface area contributed by atoms with Gasteiger partial charge in [-0.15, -0.1) is 11.8 Å². The van der Waals surface area contributed by atoms with E-state index in [0.29, 0.717) is 5.75 Å². The number of amides is 1. The summed E-state index contributed by atoms with van der Waals surface area (Å²) >= 11 is 1.67. The lowest BCUT2D eigenvalue weighted by molar-refractivity contribution is -0.127. The highest BCUT2D eigenvalue weighted by Gasteiger charge is 2.21. The molecule has 130 valence electrons. The Kier molecular flexibility index (Phi) is 5.94. The summed E-state index contributed by atoms with van der Waals surface area (Å²) in [7, 11) is 1.91. The maximum Gasteiger partial charge on any atom is 0.261 e. The highest BCUT2D eigenvalue weighted by molar-refractivity contribution is 7.98. The smallest absolute Gasteiger partial charge is 0.261 e. The first-order valence-corrected chi connectivity index (χ1v) is 9.17. The molecule has 2 aromatic rings. The van der Waals surface area contributed by atoms with E-state index in [1.807, 2.05) is 63.0 Å². The quantitative estimate of drug-likeness (QED) is 0.814. The van der Waals surface area contributed by atoms with Gasteiger partial charge < -0.3 is 10.1 Å². The Bertz CT molecular complexity index is 710. The van der Waals surface area contributed by atoms with Crippen molar-refractivity contribution in [2.75, 3.05) is 6.26 Å². The molecule has 0 spiro atoms. The fourth-order valence-corrected chi connectivity index (χ4v) is 3.14. The van der Waals surface area contributed by atoms with Crippen LogP contribution in [0.1, 0.15) is 36.8 Å². The molecule has 0 saturated carbocycles. The number of aryl methyl sites for hydroxylation is 2. The Morgan fingerprint density at radius 3 is 2.38 bits per heavy atom. The van der Waals surface area contributed by atoms with Crippen LogP contribution in [0.4, 0.5) is 0 Å². The molecule has 1 amide bonds. The zero-order chi connectivity index (χ0) is 17.9. The first-order valence-electron chi connectivity index (χ1n) is 7.94. The maximum absolute atomic E-state index is 12.4. The molecule has 0 aliphatic heterocycles. The summed E-state index contributed by atoms with van der Waals surface area (Å²) in [4.78, 5) is 13.6. The van der Waals surface area contributed by atoms with Gasteiger partial charge in [0, 0.05) is 23.2 Å². The van der Waals surface area contributed by atoms with Gasteiger partial charge in [0.1, 0.15) is 5.75 Å². The second-order valence-corrected chi connectivity index (χ2v) is 6.75. The number of benzene rings is 1. The van der Waals surface area contributed by atoms with Crippen LogP contribution in [0.2, 0.25) is 0 Å². The molecule has 1 aromatic heterocycles. The van der Waals surface area contributed by atoms with E-state index < -0.39 is 6.10 Å². The highest BCUT2D eigenvalue weighted by Crippen LogP contribution is 2.22. The predicted octanol–water partition coefficient (Wildman–Crippen LogP) is 3.40. The molecule has 0 saturated heterocycles. The third kappa shape index (κ3) is 4.12. The van der Waals surface area contributed by atoms with Gasteiger partial charge in [0.25, 0.3) is 5.91 Å². The zero-order valence-electron chi connectivity index (χ0n) is 15.1. The average Bonchev–Trinajstić information content (AvgIpc) is 2.80. The van der Waals surface area contributed by atoms with E-state index in [9.17, 15) is 4.79 Å². The fourth-order valence-electron chi connectivity index (χ4n) is 2.73. The van der Waals surface area contributed by atoms with Crippen molar-refractivity contribution in [3.8, 4) is 5.75 Å². The van der Waals surface area contributed by atoms with E-state index in [1.165, 1.54) is 0 Å². The second kappa shape index (κ2) is 7.75. The summed E-state index contributed by atoms with van der Waals surface area (Å²) < 4.78 is 7.57. The molecule has 0 fully saturated rings. The molecule has 1 aromatic carbocycles. The second-order valence-electron chi connectivity index (χ2n) is 5.87. The molecule has 0 aliphatic carbocycles. The van der Waals surface area contributed by atoms with Crippen LogP contribution in [-0.4, -0.2) is 28.0 Å². The number of nitrogens with zero attached hydrogens (tertiary/aromatic N) is 2. The topological polar surface area (TPSA) is 56.1 Å². The van der Waals surface area contributed by atoms with Crippen molar-refractivity contribution in [1.82, 2.24) is 15.1 Å². The van der Waals surface area contributed by atoms with Crippen LogP contribution in [-0.2, 0) is 11.8 Å². The van der Waals surface area contributed by atoms with Gasteiger partial charge in [-0.05, 0) is 58.2 Å². The van der Waals surface area contributed by atoms with Crippen LogP contribution in [0.15, 0.2) is 29.2 Å². The summed E-state index contributed by atoms with van der Waals surface area (Å²) in [6.45, 7) is 7.69. The zero-order valence-corrected chi connectivity index (χ0v) is 15.9. The summed E-state index contributed by atoms with van der Waals surface area (Å²) in [5, 5.41) is 7.41. The van der Waals surface area contributed by atoms with Crippen LogP contribution in [0.5, 0.6) is 5.75 Å². The third-order valence-corrected chi connectivity index (χ3v) is 4.84. The molecule has 24 heavy (non-hydrogen) atoms. The molecule has 2 rings (SSSR count). The van der Waals surface area contributed by atoms with E-state index in [1.54, 1.807) is 18.7 Å². The lowest BCUT2D eigenvalue weighted by Gasteiger charge is -2.19. The Labute approximate surface area is 147 Å². The van der Waals surface area contributed by atoms with Crippen LogP contribution >= 0.6 is 11.8 Å². The van der Waals surface area contributed by atoms with Gasteiger partial charge in [-0.3, -0.25) is 9.48 Å². The molecule has 0 bridgehead atoms. The number of rotatable bonds is 6. The molecule has 0 radical (unpaired) electrons. The number of thioether (sulfide) groups is 1. The fraction of sp³-hybridized carbons (Fsp3) is 0.444. The number of hydrogen-bond acceptors (Lipinski definition) is 4. The Hall–Kier alpha value is -1.95. The van der Waals surface area contributed by atoms with Crippen LogP contribution in [0.25, 0.3) is 0 Å². The minimum atomic E-state index is -0.565. The molecule has 2 unspecified atom stereocenters. The van der Waals surface area contributed by atoms with E-state index in [-0.39, 0.29) is 11.9 Å². The Morgan fingerprint density at radius 1 is 1.25 bits per heavy atom. The minimum Gasteiger partial charge on any atom is -0.481 e. The molecule has 6 heteroatoms. The first kappa shape index (κ1) is 18.4. The minimum absolute atomic E-state index is 0.115. The van der Waals surface area contributed by atoms with Gasteiger partial charge in [-0.1, -0.05) is 0 Å². The van der Waals surface area contributed by atoms with Crippen LogP contribution in [0.3, 0.4) is 0 Å². The third-order valence-electron chi connectivity index (χ3n) is 4.10. The van der Waals surface area contributed by atoms with Crippen molar-refractivity contribution in [2.45, 2.75) is 44.7 Å². The van der Waals surface area contributed by atoms with Gasteiger partial charge in [0.2, 0.25) is 0 Å². The lowest BCUT2D eigenvalue weighted by atomic mass is 10.1. The number of aromatic nitrogens is 2. The molecular formula is C18H25N3O2S. The van der Waals surface area contributed by atoms with Gasteiger partial charge in [-0.2, -0.15) is 5.10 Å². The normalized spacial score (nSPS) is 13.4. The first-order chi connectivity index (χ1) is 11.3. The molecular weight excluding hydrogens is 322 g/mol. The summed E-state index contributed by atoms with van der Waals surface area (Å²) in [6.07, 6.45) is 1.46. The van der Waals surface area contributed by atoms with Crippen LogP contribution in [0, 0.1) is 13.8 Å². The lowest BCUT2D eigenvalue weighted by Crippen LogP contribution is -2.38. The van der Waals surface area contributed by atoms with Gasteiger partial charge >= 0.3 is 0 Å². The predicted molar refractivity (Wildman–Crippen MR) is 97.6 cm³/mol. The molecule has 5 nitrogen and oxygen atoms in total. The van der Waals surface area contributed by atoms with Gasteiger partial charge in [0.15, 0.2) is 6.10 Å². The summed E-state index contributed by atoms with van der Waals surface area (Å²) in [5.74, 6) is 0.552. The van der Waals surface area contributed by atoms with E-state index in [0.717, 1.165) is 21.8 Å². The van der Waals surface area contributed by atoms with Crippen molar-refractivity contribution in [2.24, 2.45) is 7.05 Å². The van der Waals surface area contributed by atoms with Crippen molar-refractivity contribution < 1.29 is 9.53 Å². The number of carbonyl (C=O) groups is 1. The van der Waals surface area contributed by atoms with Gasteiger partial charge in [0.05, 0.1) is 11.7 Å². The largest absolute Gasteiger partial charge is 0.481 e. The summed E-state index contributed by atoms with van der Waals surface area (Å²) in [5.41, 5.74) is 3.05. The average molecular weight is 347 g/mol. The molecule has 0 aliphatic rings. The van der Waals surface area contributed by atoms with Crippen molar-refractivity contribution in [1.29, 1.82) is 0 Å². The Balaban J connectivity index is 2.00. The maximum atomic E-state index is 12.4. The van der Waals surface area contributed by atoms with E-state index >= 15 is 0 Å². The Morgan fingerprint density at radius 2 is 1.88 bits per heavy atom. The van der Waals surface area contributed by atoms with E-state index in [4.69, 9.17) is 4.74 Å². The molecule has 2 atom stereocenters. The van der Waals surface area contributed by atoms with Crippen molar-refractivity contribution >= 4 is 17.7 Å². The molecule has 1 heterocycles. The SMILES string of the molecule is CSc1ccc(OC(C)C(=O)NC(C)c2c(C)nn(C)c2C)cc1. The van der Waals surface area contributed by atoms with Crippen molar-refractivity contribution in [3.63, 3.8) is 0 Å². The van der Waals surface area contributed by atoms with Crippen molar-refractivity contribution in [3.05, 3.63) is 41.2 Å². The number of ether oxygens (including phenoxy) is 1. The number of carbonyl (C=O) groups excluding carboxylic acids is 1. The van der Waals surface area contributed by atoms with Crippen LogP contribution < -0.4 is 10.1 Å². The molecule has 1 N–H and O–H groups in total. The van der Waals surface area contributed by atoms with E-state index in [2.05, 4.69) is 10.4 Å². The monoisotopic (exact) mass is 347 g/mol. The number of hydrogen-bond donors (Lipinski definition) is 1. The number of nitrogens with one attached hydrogen (secondary N) is 1.